The molecular weight excluding hydrogens is 278 g/mol. The number of aryl methyl sites for hydroxylation is 2. The van der Waals surface area contributed by atoms with Gasteiger partial charge >= 0.3 is 0 Å². The predicted octanol–water partition coefficient (Wildman–Crippen LogP) is 3.80. The molecule has 2 N–H and O–H groups in total. The average molecular weight is 299 g/mol. The molecule has 110 valence electrons. The van der Waals surface area contributed by atoms with Crippen LogP contribution in [0.1, 0.15) is 35.4 Å². The summed E-state index contributed by atoms with van der Waals surface area (Å²) in [6.07, 6.45) is 3.45. The van der Waals surface area contributed by atoms with Crippen LogP contribution >= 0.6 is 0 Å². The van der Waals surface area contributed by atoms with Gasteiger partial charge in [-0.25, -0.2) is 0 Å². The fourth-order valence-corrected chi connectivity index (χ4v) is 4.68. The molecule has 0 heterocycles. The molecule has 0 amide bonds. The second-order valence-electron chi connectivity index (χ2n) is 5.79. The molecule has 2 unspecified atom stereocenters. The van der Waals surface area contributed by atoms with Gasteiger partial charge in [0, 0.05) is 5.75 Å². The van der Waals surface area contributed by atoms with E-state index in [2.05, 4.69) is 24.3 Å². The molecule has 2 aromatic carbocycles. The van der Waals surface area contributed by atoms with Crippen LogP contribution in [-0.4, -0.2) is 9.96 Å². The van der Waals surface area contributed by atoms with E-state index in [4.69, 9.17) is 5.73 Å². The molecule has 3 rings (SSSR count). The van der Waals surface area contributed by atoms with E-state index >= 15 is 0 Å². The lowest BCUT2D eigenvalue weighted by Gasteiger charge is -2.25. The predicted molar refractivity (Wildman–Crippen MR) is 89.0 cm³/mol. The number of fused-ring (bicyclic) bond motifs is 1. The van der Waals surface area contributed by atoms with Crippen LogP contribution in [0.5, 0.6) is 0 Å². The van der Waals surface area contributed by atoms with Gasteiger partial charge in [-0.2, -0.15) is 0 Å². The highest BCUT2D eigenvalue weighted by Gasteiger charge is 2.23. The van der Waals surface area contributed by atoms with Crippen LogP contribution in [0.25, 0.3) is 0 Å². The van der Waals surface area contributed by atoms with Crippen molar-refractivity contribution in [2.24, 2.45) is 0 Å². The van der Waals surface area contributed by atoms with E-state index in [-0.39, 0.29) is 0 Å². The van der Waals surface area contributed by atoms with Gasteiger partial charge in [-0.15, -0.1) is 0 Å². The van der Waals surface area contributed by atoms with Crippen molar-refractivity contribution in [3.8, 4) is 0 Å². The Labute approximate surface area is 128 Å². The second-order valence-corrected chi connectivity index (χ2v) is 7.25. The molecule has 0 bridgehead atoms. The highest BCUT2D eigenvalue weighted by molar-refractivity contribution is 7.85. The maximum atomic E-state index is 12.7. The Morgan fingerprint density at radius 3 is 2.86 bits per heavy atom. The molecule has 0 aliphatic heterocycles. The van der Waals surface area contributed by atoms with Crippen molar-refractivity contribution in [2.45, 2.75) is 37.0 Å². The maximum absolute atomic E-state index is 12.7. The second kappa shape index (κ2) is 6.02. The number of benzene rings is 2. The molecule has 21 heavy (non-hydrogen) atoms. The number of hydrogen-bond acceptors (Lipinski definition) is 2. The van der Waals surface area contributed by atoms with Crippen molar-refractivity contribution in [3.05, 3.63) is 59.2 Å². The highest BCUT2D eigenvalue weighted by atomic mass is 32.2. The number of rotatable bonds is 3. The van der Waals surface area contributed by atoms with Gasteiger partial charge in [0.1, 0.15) is 0 Å². The molecule has 0 fully saturated rings. The monoisotopic (exact) mass is 299 g/mol. The molecule has 0 spiro atoms. The van der Waals surface area contributed by atoms with Gasteiger partial charge < -0.3 is 5.73 Å². The van der Waals surface area contributed by atoms with Gasteiger partial charge in [-0.05, 0) is 54.9 Å². The fraction of sp³-hybridized carbons (Fsp3) is 0.333. The quantitative estimate of drug-likeness (QED) is 0.876. The van der Waals surface area contributed by atoms with Crippen LogP contribution in [0, 0.1) is 6.92 Å². The van der Waals surface area contributed by atoms with Gasteiger partial charge in [0.2, 0.25) is 0 Å². The Morgan fingerprint density at radius 2 is 2.00 bits per heavy atom. The lowest BCUT2D eigenvalue weighted by molar-refractivity contribution is 0.588. The molecule has 3 heteroatoms. The average Bonchev–Trinajstić information content (AvgIpc) is 2.50. The summed E-state index contributed by atoms with van der Waals surface area (Å²) in [7, 11) is -1.04. The van der Waals surface area contributed by atoms with E-state index in [0.717, 1.165) is 23.3 Å². The topological polar surface area (TPSA) is 43.1 Å². The van der Waals surface area contributed by atoms with E-state index in [1.807, 2.05) is 25.1 Å². The van der Waals surface area contributed by atoms with E-state index in [0.29, 0.717) is 17.4 Å². The van der Waals surface area contributed by atoms with Gasteiger partial charge in [-0.1, -0.05) is 36.4 Å². The molecule has 0 aromatic heterocycles. The van der Waals surface area contributed by atoms with Crippen molar-refractivity contribution in [3.63, 3.8) is 0 Å². The van der Waals surface area contributed by atoms with Crippen LogP contribution < -0.4 is 5.73 Å². The number of para-hydroxylation sites is 1. The summed E-state index contributed by atoms with van der Waals surface area (Å²) < 4.78 is 12.7. The van der Waals surface area contributed by atoms with Gasteiger partial charge in [0.25, 0.3) is 0 Å². The maximum Gasteiger partial charge on any atom is 0.0620 e. The van der Waals surface area contributed by atoms with E-state index in [1.54, 1.807) is 0 Å². The van der Waals surface area contributed by atoms with E-state index in [1.165, 1.54) is 17.5 Å². The van der Waals surface area contributed by atoms with Crippen LogP contribution in [0.15, 0.2) is 47.4 Å². The van der Waals surface area contributed by atoms with Crippen molar-refractivity contribution in [1.29, 1.82) is 0 Å². The van der Waals surface area contributed by atoms with Gasteiger partial charge in [-0.3, -0.25) is 4.21 Å². The molecule has 2 aromatic rings. The molecule has 2 atom stereocenters. The number of nitrogens with two attached hydrogens (primary N) is 1. The highest BCUT2D eigenvalue weighted by Crippen LogP contribution is 2.33. The van der Waals surface area contributed by atoms with Crippen LogP contribution in [0.2, 0.25) is 0 Å². The smallest absolute Gasteiger partial charge is 0.0620 e. The van der Waals surface area contributed by atoms with Gasteiger partial charge in [0.05, 0.1) is 21.4 Å². The number of nitrogen functional groups attached to an aromatic ring is 1. The Morgan fingerprint density at radius 1 is 1.19 bits per heavy atom. The Hall–Kier alpha value is -1.61. The Kier molecular flexibility index (Phi) is 4.11. The fourth-order valence-electron chi connectivity index (χ4n) is 3.15. The summed E-state index contributed by atoms with van der Waals surface area (Å²) in [5.74, 6) is 1.06. The summed E-state index contributed by atoms with van der Waals surface area (Å²) in [5, 5.41) is 0. The van der Waals surface area contributed by atoms with E-state index < -0.39 is 10.8 Å². The van der Waals surface area contributed by atoms with Crippen molar-refractivity contribution in [2.75, 3.05) is 11.5 Å². The summed E-state index contributed by atoms with van der Waals surface area (Å²) >= 11 is 0. The van der Waals surface area contributed by atoms with Crippen molar-refractivity contribution >= 4 is 16.5 Å². The lowest BCUT2D eigenvalue weighted by Crippen LogP contribution is -2.16. The molecule has 2 nitrogen and oxygen atoms in total. The minimum Gasteiger partial charge on any atom is -0.398 e. The first kappa shape index (κ1) is 14.3. The Bertz CT molecular complexity index is 681. The summed E-state index contributed by atoms with van der Waals surface area (Å²) in [6.45, 7) is 1.96. The first-order chi connectivity index (χ1) is 10.2. The summed E-state index contributed by atoms with van der Waals surface area (Å²) in [5.41, 5.74) is 10.6. The minimum atomic E-state index is -1.04. The zero-order valence-electron chi connectivity index (χ0n) is 12.3. The van der Waals surface area contributed by atoms with E-state index in [9.17, 15) is 4.21 Å². The number of anilines is 1. The molecule has 1 aliphatic carbocycles. The molecule has 0 saturated heterocycles. The lowest BCUT2D eigenvalue weighted by atomic mass is 9.84. The first-order valence-corrected chi connectivity index (χ1v) is 8.80. The first-order valence-electron chi connectivity index (χ1n) is 7.48. The molecular formula is C18H21NOS. The SMILES string of the molecule is Cc1cccc(S(=O)CC2CCCc3ccccc32)c1N. The minimum absolute atomic E-state index is 0.385. The van der Waals surface area contributed by atoms with Crippen LogP contribution in [-0.2, 0) is 17.2 Å². The third-order valence-corrected chi connectivity index (χ3v) is 5.93. The molecule has 1 aliphatic rings. The van der Waals surface area contributed by atoms with Gasteiger partial charge in [0.15, 0.2) is 0 Å². The zero-order valence-corrected chi connectivity index (χ0v) is 13.2. The zero-order chi connectivity index (χ0) is 14.8. The van der Waals surface area contributed by atoms with Crippen molar-refractivity contribution < 1.29 is 4.21 Å². The van der Waals surface area contributed by atoms with Crippen LogP contribution in [0.3, 0.4) is 0 Å². The van der Waals surface area contributed by atoms with Crippen LogP contribution in [0.4, 0.5) is 5.69 Å². The standard InChI is InChI=1S/C18H21NOS/c1-13-6-4-11-17(18(13)19)21(20)12-15-9-5-8-14-7-2-3-10-16(14)15/h2-4,6-7,10-11,15H,5,8-9,12,19H2,1H3. The third kappa shape index (κ3) is 2.88. The summed E-state index contributed by atoms with van der Waals surface area (Å²) in [6, 6.07) is 14.4. The Balaban J connectivity index is 1.85. The normalized spacial score (nSPS) is 19.0. The number of hydrogen-bond donors (Lipinski definition) is 1. The summed E-state index contributed by atoms with van der Waals surface area (Å²) in [4.78, 5) is 0.790. The largest absolute Gasteiger partial charge is 0.398 e. The molecule has 0 radical (unpaired) electrons. The molecule has 0 saturated carbocycles. The third-order valence-electron chi connectivity index (χ3n) is 4.38. The van der Waals surface area contributed by atoms with Crippen molar-refractivity contribution in [1.82, 2.24) is 0 Å².